The van der Waals surface area contributed by atoms with E-state index in [0.717, 1.165) is 55.5 Å². The number of para-hydroxylation sites is 2. The fourth-order valence-electron chi connectivity index (χ4n) is 6.34. The quantitative estimate of drug-likeness (QED) is 0.133. The minimum absolute atomic E-state index is 0.222. The Morgan fingerprint density at radius 3 is 1.87 bits per heavy atom. The number of tetrazole rings is 1. The molecule has 0 radical (unpaired) electrons. The largest absolute Gasteiger partial charge is 0.489 e. The molecule has 5 aromatic carbocycles. The summed E-state index contributed by atoms with van der Waals surface area (Å²) in [5.41, 5.74) is 6.10. The lowest BCUT2D eigenvalue weighted by molar-refractivity contribution is 0.293. The Hall–Kier alpha value is -7.40. The summed E-state index contributed by atoms with van der Waals surface area (Å²) >= 11 is 0. The summed E-state index contributed by atoms with van der Waals surface area (Å²) in [7, 11) is 0. The summed E-state index contributed by atoms with van der Waals surface area (Å²) in [5, 5.41) is 15.9. The normalized spacial score (nSPS) is 11.3. The molecule has 0 bridgehead atoms. The van der Waals surface area contributed by atoms with E-state index in [9.17, 15) is 4.79 Å². The van der Waals surface area contributed by atoms with Gasteiger partial charge in [0.15, 0.2) is 0 Å². The average molecular weight is 724 g/mol. The molecule has 268 valence electrons. The minimum atomic E-state index is -0.311. The van der Waals surface area contributed by atoms with E-state index in [-0.39, 0.29) is 11.4 Å². The van der Waals surface area contributed by atoms with Crippen LogP contribution in [0.1, 0.15) is 22.5 Å². The van der Waals surface area contributed by atoms with Crippen molar-refractivity contribution < 1.29 is 14.2 Å². The average Bonchev–Trinajstić information content (AvgIpc) is 3.69. The number of fused-ring (bicyclic) bond motifs is 3. The van der Waals surface area contributed by atoms with Crippen molar-refractivity contribution in [2.45, 2.75) is 26.4 Å². The summed E-state index contributed by atoms with van der Waals surface area (Å²) in [6.07, 6.45) is 0. The Morgan fingerprint density at radius 2 is 1.16 bits per heavy atom. The van der Waals surface area contributed by atoms with Crippen LogP contribution in [0, 0.1) is 0 Å². The molecule has 9 aromatic rings. The van der Waals surface area contributed by atoms with Crippen LogP contribution < -0.4 is 19.8 Å². The van der Waals surface area contributed by atoms with Crippen LogP contribution in [0.25, 0.3) is 44.1 Å². The van der Waals surface area contributed by atoms with E-state index in [1.54, 1.807) is 6.07 Å². The molecule has 9 rings (SSSR count). The van der Waals surface area contributed by atoms with E-state index >= 15 is 0 Å². The molecule has 11 heteroatoms. The van der Waals surface area contributed by atoms with Gasteiger partial charge in [-0.3, -0.25) is 4.79 Å². The van der Waals surface area contributed by atoms with E-state index < -0.39 is 0 Å². The molecule has 0 aliphatic rings. The number of pyridine rings is 3. The van der Waals surface area contributed by atoms with Gasteiger partial charge in [-0.05, 0) is 89.1 Å². The molecule has 55 heavy (non-hydrogen) atoms. The number of benzene rings is 5. The maximum Gasteiger partial charge on any atom is 0.259 e. The third-order valence-corrected chi connectivity index (χ3v) is 9.12. The monoisotopic (exact) mass is 723 g/mol. The van der Waals surface area contributed by atoms with Crippen molar-refractivity contribution in [1.82, 2.24) is 35.2 Å². The number of aromatic nitrogens is 7. The molecular formula is C44H33N7O4. The molecule has 4 aromatic heterocycles. The van der Waals surface area contributed by atoms with Crippen LogP contribution in [0.2, 0.25) is 0 Å². The fraction of sp³-hybridized carbons (Fsp3) is 0.0909. The fourth-order valence-corrected chi connectivity index (χ4v) is 6.34. The molecular weight excluding hydrogens is 691 g/mol. The van der Waals surface area contributed by atoms with Crippen LogP contribution in [-0.4, -0.2) is 35.2 Å². The Labute approximate surface area is 314 Å². The Morgan fingerprint density at radius 1 is 0.545 bits per heavy atom. The van der Waals surface area contributed by atoms with E-state index in [0.29, 0.717) is 48.9 Å². The Bertz CT molecular complexity index is 2870. The van der Waals surface area contributed by atoms with Gasteiger partial charge in [0.1, 0.15) is 37.1 Å². The standard InChI is InChI=1S/C44H33N7O4/c52-44-39(43-48-50-51(49-43)25-29-7-5-11-36(21-29)54-27-34-17-15-31-9-1-3-13-40(31)45-34)24-33-23-38(19-20-42(33)47-44)53-26-30-8-6-12-37(22-30)55-28-35-18-16-32-10-2-4-14-41(32)46-35/h1-24H,25-28H2,(H,47,52). The van der Waals surface area contributed by atoms with Gasteiger partial charge in [-0.1, -0.05) is 72.8 Å². The van der Waals surface area contributed by atoms with Crippen molar-refractivity contribution in [2.24, 2.45) is 0 Å². The first-order valence-electron chi connectivity index (χ1n) is 17.8. The zero-order chi connectivity index (χ0) is 37.0. The molecule has 0 saturated heterocycles. The predicted molar refractivity (Wildman–Crippen MR) is 210 cm³/mol. The number of hydrogen-bond donors (Lipinski definition) is 1. The zero-order valence-corrected chi connectivity index (χ0v) is 29.5. The van der Waals surface area contributed by atoms with Gasteiger partial charge in [0.25, 0.3) is 5.56 Å². The van der Waals surface area contributed by atoms with Crippen molar-refractivity contribution in [1.29, 1.82) is 0 Å². The van der Waals surface area contributed by atoms with Gasteiger partial charge in [0.2, 0.25) is 5.82 Å². The van der Waals surface area contributed by atoms with Gasteiger partial charge in [-0.2, -0.15) is 4.80 Å². The maximum absolute atomic E-state index is 13.1. The number of hydrogen-bond acceptors (Lipinski definition) is 9. The van der Waals surface area contributed by atoms with Crippen LogP contribution in [0.4, 0.5) is 0 Å². The van der Waals surface area contributed by atoms with Gasteiger partial charge in [0.05, 0.1) is 34.5 Å². The van der Waals surface area contributed by atoms with Crippen LogP contribution in [0.3, 0.4) is 0 Å². The smallest absolute Gasteiger partial charge is 0.259 e. The van der Waals surface area contributed by atoms with Gasteiger partial charge in [0, 0.05) is 21.7 Å². The summed E-state index contributed by atoms with van der Waals surface area (Å²) in [6, 6.07) is 46.9. The molecule has 11 nitrogen and oxygen atoms in total. The third kappa shape index (κ3) is 7.72. The molecule has 0 saturated carbocycles. The Balaban J connectivity index is 0.839. The van der Waals surface area contributed by atoms with Crippen LogP contribution in [0.15, 0.2) is 150 Å². The highest BCUT2D eigenvalue weighted by atomic mass is 16.5. The number of nitrogens with one attached hydrogen (secondary N) is 1. The first-order chi connectivity index (χ1) is 27.1. The summed E-state index contributed by atoms with van der Waals surface area (Å²) in [6.45, 7) is 1.37. The SMILES string of the molecule is O=c1[nH]c2ccc(OCc3cccc(OCc4ccc5ccccc5n4)c3)cc2cc1-c1nnn(Cc2cccc(OCc3ccc4ccccc4n3)c2)n1. The molecule has 0 aliphatic heterocycles. The van der Waals surface area contributed by atoms with Gasteiger partial charge in [-0.25, -0.2) is 9.97 Å². The molecule has 0 fully saturated rings. The van der Waals surface area contributed by atoms with Crippen molar-refractivity contribution in [3.8, 4) is 28.6 Å². The van der Waals surface area contributed by atoms with Gasteiger partial charge in [-0.15, -0.1) is 10.2 Å². The van der Waals surface area contributed by atoms with Crippen LogP contribution in [0.5, 0.6) is 17.2 Å². The lowest BCUT2D eigenvalue weighted by atomic mass is 10.1. The van der Waals surface area contributed by atoms with Crippen molar-refractivity contribution in [2.75, 3.05) is 0 Å². The second-order valence-electron chi connectivity index (χ2n) is 13.1. The van der Waals surface area contributed by atoms with Crippen LogP contribution >= 0.6 is 0 Å². The second kappa shape index (κ2) is 14.9. The van der Waals surface area contributed by atoms with Gasteiger partial charge >= 0.3 is 0 Å². The summed E-state index contributed by atoms with van der Waals surface area (Å²) < 4.78 is 18.3. The van der Waals surface area contributed by atoms with Crippen molar-refractivity contribution in [3.05, 3.63) is 178 Å². The molecule has 0 spiro atoms. The van der Waals surface area contributed by atoms with E-state index in [1.165, 1.54) is 4.80 Å². The number of rotatable bonds is 12. The Kier molecular flexibility index (Phi) is 9.07. The second-order valence-corrected chi connectivity index (χ2v) is 13.1. The molecule has 1 N–H and O–H groups in total. The zero-order valence-electron chi connectivity index (χ0n) is 29.5. The van der Waals surface area contributed by atoms with Crippen LogP contribution in [-0.2, 0) is 26.4 Å². The van der Waals surface area contributed by atoms with E-state index in [2.05, 4.69) is 31.4 Å². The molecule has 0 amide bonds. The lowest BCUT2D eigenvalue weighted by Crippen LogP contribution is -2.10. The minimum Gasteiger partial charge on any atom is -0.489 e. The first kappa shape index (κ1) is 33.4. The number of nitrogens with zero attached hydrogens (tertiary/aromatic N) is 6. The van der Waals surface area contributed by atoms with E-state index in [1.807, 2.05) is 133 Å². The topological polar surface area (TPSA) is 130 Å². The van der Waals surface area contributed by atoms with Crippen molar-refractivity contribution >= 4 is 32.7 Å². The van der Waals surface area contributed by atoms with Gasteiger partial charge < -0.3 is 19.2 Å². The highest BCUT2D eigenvalue weighted by Crippen LogP contribution is 2.24. The molecule has 4 heterocycles. The first-order valence-corrected chi connectivity index (χ1v) is 17.8. The maximum atomic E-state index is 13.1. The predicted octanol–water partition coefficient (Wildman–Crippen LogP) is 8.06. The van der Waals surface area contributed by atoms with Crippen molar-refractivity contribution in [3.63, 3.8) is 0 Å². The lowest BCUT2D eigenvalue weighted by Gasteiger charge is -2.10. The number of ether oxygens (including phenoxy) is 3. The molecule has 0 aliphatic carbocycles. The highest BCUT2D eigenvalue weighted by Gasteiger charge is 2.13. The third-order valence-electron chi connectivity index (χ3n) is 9.12. The summed E-state index contributed by atoms with van der Waals surface area (Å²) in [5.74, 6) is 2.30. The van der Waals surface area contributed by atoms with E-state index in [4.69, 9.17) is 19.2 Å². The molecule has 0 atom stereocenters. The number of H-pyrrole nitrogens is 1. The highest BCUT2D eigenvalue weighted by molar-refractivity contribution is 5.83. The molecule has 0 unspecified atom stereocenters. The summed E-state index contributed by atoms with van der Waals surface area (Å²) in [4.78, 5) is 26.9. The number of aromatic amines is 1.